The number of nitrogens with zero attached hydrogens (tertiary/aromatic N) is 4. The average molecular weight is 193 g/mol. The number of aromatic hydroxyl groups is 2. The van der Waals surface area contributed by atoms with Crippen molar-refractivity contribution in [1.82, 2.24) is 19.9 Å². The van der Waals surface area contributed by atoms with Crippen LogP contribution in [-0.2, 0) is 0 Å². The van der Waals surface area contributed by atoms with Gasteiger partial charge in [-0.2, -0.15) is 15.0 Å². The molecule has 0 saturated heterocycles. The summed E-state index contributed by atoms with van der Waals surface area (Å²) in [5.41, 5.74) is 5.76. The number of hydrogen-bond donors (Lipinski definition) is 3. The Balaban J connectivity index is 2.89. The van der Waals surface area contributed by atoms with E-state index in [1.54, 1.807) is 6.92 Å². The van der Waals surface area contributed by atoms with Crippen LogP contribution in [0, 0.1) is 6.92 Å². The van der Waals surface area contributed by atoms with Crippen molar-refractivity contribution in [3.8, 4) is 11.8 Å². The van der Waals surface area contributed by atoms with E-state index in [0.717, 1.165) is 0 Å². The van der Waals surface area contributed by atoms with E-state index >= 15 is 0 Å². The molecule has 0 saturated carbocycles. The van der Waals surface area contributed by atoms with E-state index in [-0.39, 0.29) is 28.9 Å². The van der Waals surface area contributed by atoms with Crippen LogP contribution in [0.2, 0.25) is 0 Å². The maximum Gasteiger partial charge on any atom is 0.244 e. The Morgan fingerprint density at radius 2 is 1.71 bits per heavy atom. The highest BCUT2D eigenvalue weighted by molar-refractivity contribution is 5.76. The Hall–Kier alpha value is -2.18. The third-order valence-electron chi connectivity index (χ3n) is 1.68. The lowest BCUT2D eigenvalue weighted by atomic mass is 10.4. The summed E-state index contributed by atoms with van der Waals surface area (Å²) < 4.78 is 0. The van der Waals surface area contributed by atoms with E-state index in [1.165, 1.54) is 0 Å². The van der Waals surface area contributed by atoms with Crippen molar-refractivity contribution in [1.29, 1.82) is 0 Å². The van der Waals surface area contributed by atoms with Gasteiger partial charge >= 0.3 is 0 Å². The molecule has 7 nitrogen and oxygen atoms in total. The van der Waals surface area contributed by atoms with Gasteiger partial charge in [0.1, 0.15) is 5.69 Å². The normalized spacial score (nSPS) is 10.6. The second kappa shape index (κ2) is 2.66. The minimum atomic E-state index is -0.344. The standard InChI is InChI=1S/C7H7N5O2/c1-2-5(13)10-4-3(9-2)6(14)12-7(8)11-4/h1H3,(H4,8,10,11,12,13,14). The van der Waals surface area contributed by atoms with Crippen LogP contribution in [0.25, 0.3) is 11.2 Å². The molecule has 0 bridgehead atoms. The first-order valence-electron chi connectivity index (χ1n) is 3.77. The summed E-state index contributed by atoms with van der Waals surface area (Å²) in [4.78, 5) is 14.8. The average Bonchev–Trinajstić information content (AvgIpc) is 2.08. The Kier molecular flexibility index (Phi) is 1.60. The first kappa shape index (κ1) is 8.42. The quantitative estimate of drug-likeness (QED) is 0.526. The molecule has 0 atom stereocenters. The van der Waals surface area contributed by atoms with E-state index < -0.39 is 0 Å². The van der Waals surface area contributed by atoms with Crippen molar-refractivity contribution >= 4 is 17.1 Å². The number of nitrogens with two attached hydrogens (primary N) is 1. The third-order valence-corrected chi connectivity index (χ3v) is 1.68. The third kappa shape index (κ3) is 1.15. The number of anilines is 1. The molecule has 2 aromatic rings. The molecule has 0 aromatic carbocycles. The first-order valence-corrected chi connectivity index (χ1v) is 3.77. The highest BCUT2D eigenvalue weighted by Crippen LogP contribution is 2.21. The van der Waals surface area contributed by atoms with Crippen molar-refractivity contribution in [2.75, 3.05) is 5.73 Å². The lowest BCUT2D eigenvalue weighted by Gasteiger charge is -2.01. The predicted octanol–water partition coefficient (Wildman–Crippen LogP) is -0.278. The van der Waals surface area contributed by atoms with Gasteiger partial charge in [-0.05, 0) is 6.92 Å². The minimum Gasteiger partial charge on any atom is -0.492 e. The maximum absolute atomic E-state index is 9.35. The number of hydrogen-bond acceptors (Lipinski definition) is 7. The zero-order valence-corrected chi connectivity index (χ0v) is 7.26. The number of fused-ring (bicyclic) bond motifs is 1. The lowest BCUT2D eigenvalue weighted by molar-refractivity contribution is 0.444. The van der Waals surface area contributed by atoms with Crippen molar-refractivity contribution < 1.29 is 10.2 Å². The zero-order valence-electron chi connectivity index (χ0n) is 7.26. The van der Waals surface area contributed by atoms with Gasteiger partial charge in [-0.3, -0.25) is 0 Å². The van der Waals surface area contributed by atoms with Gasteiger partial charge in [-0.25, -0.2) is 4.98 Å². The molecule has 72 valence electrons. The summed E-state index contributed by atoms with van der Waals surface area (Å²) in [6, 6.07) is 0. The highest BCUT2D eigenvalue weighted by Gasteiger charge is 2.10. The number of nitrogen functional groups attached to an aromatic ring is 1. The summed E-state index contributed by atoms with van der Waals surface area (Å²) in [7, 11) is 0. The molecule has 0 fully saturated rings. The van der Waals surface area contributed by atoms with Crippen molar-refractivity contribution in [2.24, 2.45) is 0 Å². The maximum atomic E-state index is 9.35. The van der Waals surface area contributed by atoms with Crippen LogP contribution in [0.4, 0.5) is 5.95 Å². The molecule has 0 unspecified atom stereocenters. The fourth-order valence-corrected chi connectivity index (χ4v) is 1.02. The van der Waals surface area contributed by atoms with Crippen LogP contribution in [0.3, 0.4) is 0 Å². The van der Waals surface area contributed by atoms with Crippen molar-refractivity contribution in [2.45, 2.75) is 6.92 Å². The molecular weight excluding hydrogens is 186 g/mol. The topological polar surface area (TPSA) is 118 Å². The van der Waals surface area contributed by atoms with Gasteiger partial charge in [0.15, 0.2) is 11.2 Å². The van der Waals surface area contributed by atoms with Crippen molar-refractivity contribution in [3.05, 3.63) is 5.69 Å². The molecule has 0 spiro atoms. The fourth-order valence-electron chi connectivity index (χ4n) is 1.02. The molecule has 0 aliphatic rings. The fraction of sp³-hybridized carbons (Fsp3) is 0.143. The van der Waals surface area contributed by atoms with Crippen LogP contribution < -0.4 is 5.73 Å². The SMILES string of the molecule is Cc1nc2c(O)nc(N)nc2nc1O. The summed E-state index contributed by atoms with van der Waals surface area (Å²) in [6.07, 6.45) is 0. The molecule has 0 aliphatic carbocycles. The van der Waals surface area contributed by atoms with E-state index in [1.807, 2.05) is 0 Å². The molecule has 14 heavy (non-hydrogen) atoms. The monoisotopic (exact) mass is 193 g/mol. The van der Waals surface area contributed by atoms with E-state index in [4.69, 9.17) is 5.73 Å². The van der Waals surface area contributed by atoms with Gasteiger partial charge in [0.25, 0.3) is 0 Å². The Morgan fingerprint density at radius 3 is 2.43 bits per heavy atom. The molecule has 0 amide bonds. The first-order chi connectivity index (χ1) is 6.58. The molecular formula is C7H7N5O2. The van der Waals surface area contributed by atoms with Gasteiger partial charge in [0, 0.05) is 0 Å². The van der Waals surface area contributed by atoms with Crippen LogP contribution in [0.5, 0.6) is 11.8 Å². The zero-order chi connectivity index (χ0) is 10.3. The van der Waals surface area contributed by atoms with Gasteiger partial charge in [0.05, 0.1) is 0 Å². The highest BCUT2D eigenvalue weighted by atomic mass is 16.3. The molecule has 4 N–H and O–H groups in total. The smallest absolute Gasteiger partial charge is 0.244 e. The van der Waals surface area contributed by atoms with E-state index in [9.17, 15) is 10.2 Å². The van der Waals surface area contributed by atoms with Crippen LogP contribution in [-0.4, -0.2) is 30.1 Å². The Labute approximate surface area is 78.3 Å². The number of aryl methyl sites for hydroxylation is 1. The van der Waals surface area contributed by atoms with E-state index in [0.29, 0.717) is 5.69 Å². The minimum absolute atomic E-state index is 0.0677. The van der Waals surface area contributed by atoms with Gasteiger partial charge < -0.3 is 15.9 Å². The Bertz CT molecular complexity index is 513. The molecule has 2 heterocycles. The van der Waals surface area contributed by atoms with E-state index in [2.05, 4.69) is 19.9 Å². The Morgan fingerprint density at radius 1 is 1.00 bits per heavy atom. The second-order valence-corrected chi connectivity index (χ2v) is 2.71. The van der Waals surface area contributed by atoms with Gasteiger partial charge in [0.2, 0.25) is 17.7 Å². The molecule has 0 aliphatic heterocycles. The van der Waals surface area contributed by atoms with Gasteiger partial charge in [-0.15, -0.1) is 0 Å². The van der Waals surface area contributed by atoms with Crippen LogP contribution in [0.15, 0.2) is 0 Å². The van der Waals surface area contributed by atoms with Crippen LogP contribution >= 0.6 is 0 Å². The predicted molar refractivity (Wildman–Crippen MR) is 47.6 cm³/mol. The lowest BCUT2D eigenvalue weighted by Crippen LogP contribution is -1.99. The molecule has 2 rings (SSSR count). The summed E-state index contributed by atoms with van der Waals surface area (Å²) in [5.74, 6) is -0.703. The van der Waals surface area contributed by atoms with Crippen LogP contribution in [0.1, 0.15) is 5.69 Å². The van der Waals surface area contributed by atoms with Crippen molar-refractivity contribution in [3.63, 3.8) is 0 Å². The largest absolute Gasteiger partial charge is 0.492 e. The molecule has 7 heteroatoms. The number of aromatic nitrogens is 4. The molecule has 2 aromatic heterocycles. The molecule has 0 radical (unpaired) electrons. The van der Waals surface area contributed by atoms with Gasteiger partial charge in [-0.1, -0.05) is 0 Å². The second-order valence-electron chi connectivity index (χ2n) is 2.71. The summed E-state index contributed by atoms with van der Waals surface area (Å²) in [5, 5.41) is 18.6. The number of rotatable bonds is 0. The summed E-state index contributed by atoms with van der Waals surface area (Å²) >= 11 is 0. The summed E-state index contributed by atoms with van der Waals surface area (Å²) in [6.45, 7) is 1.55.